The number of carboxylic acids is 1. The molecule has 9 heteroatoms. The fourth-order valence-electron chi connectivity index (χ4n) is 3.72. The molecule has 7 nitrogen and oxygen atoms in total. The zero-order chi connectivity index (χ0) is 24.8. The first kappa shape index (κ1) is 24.4. The van der Waals surface area contributed by atoms with Crippen LogP contribution >= 0.6 is 24.0 Å². The van der Waals surface area contributed by atoms with E-state index in [1.807, 2.05) is 60.7 Å². The van der Waals surface area contributed by atoms with Crippen LogP contribution in [0.15, 0.2) is 77.9 Å². The zero-order valence-electron chi connectivity index (χ0n) is 18.6. The van der Waals surface area contributed by atoms with Crippen LogP contribution in [0.5, 0.6) is 0 Å². The van der Waals surface area contributed by atoms with Crippen LogP contribution < -0.4 is 5.32 Å². The van der Waals surface area contributed by atoms with Gasteiger partial charge < -0.3 is 15.4 Å². The van der Waals surface area contributed by atoms with Crippen molar-refractivity contribution in [3.8, 4) is 0 Å². The average molecular weight is 506 g/mol. The number of fused-ring (bicyclic) bond motifs is 1. The minimum atomic E-state index is -1.12. The van der Waals surface area contributed by atoms with E-state index in [1.165, 1.54) is 16.7 Å². The molecule has 1 atom stereocenters. The highest BCUT2D eigenvalue weighted by Gasteiger charge is 2.32. The number of benzene rings is 2. The molecule has 2 amide bonds. The largest absolute Gasteiger partial charge is 0.480 e. The van der Waals surface area contributed by atoms with Gasteiger partial charge in [-0.15, -0.1) is 0 Å². The third-order valence-corrected chi connectivity index (χ3v) is 6.90. The fraction of sp³-hybridized carbons (Fsp3) is 0.154. The maximum atomic E-state index is 12.7. The van der Waals surface area contributed by atoms with Crippen LogP contribution in [0.3, 0.4) is 0 Å². The van der Waals surface area contributed by atoms with Gasteiger partial charge in [0.2, 0.25) is 5.91 Å². The molecule has 1 aliphatic heterocycles. The normalized spacial score (nSPS) is 15.9. The molecule has 2 aromatic carbocycles. The van der Waals surface area contributed by atoms with Crippen molar-refractivity contribution in [3.05, 3.63) is 89.0 Å². The molecule has 3 N–H and O–H groups in total. The van der Waals surface area contributed by atoms with Gasteiger partial charge in [-0.1, -0.05) is 84.7 Å². The number of rotatable bonds is 9. The van der Waals surface area contributed by atoms with Gasteiger partial charge in [0.1, 0.15) is 10.4 Å². The second-order valence-corrected chi connectivity index (χ2v) is 9.57. The summed E-state index contributed by atoms with van der Waals surface area (Å²) in [6.45, 7) is 0.0790. The first-order valence-electron chi connectivity index (χ1n) is 11.0. The van der Waals surface area contributed by atoms with E-state index >= 15 is 0 Å². The van der Waals surface area contributed by atoms with Gasteiger partial charge in [-0.05, 0) is 23.3 Å². The maximum Gasteiger partial charge on any atom is 0.326 e. The van der Waals surface area contributed by atoms with Crippen LogP contribution in [0, 0.1) is 0 Å². The second kappa shape index (κ2) is 11.2. The fourth-order valence-corrected chi connectivity index (χ4v) is 4.98. The van der Waals surface area contributed by atoms with Gasteiger partial charge in [0.05, 0.1) is 4.91 Å². The predicted octanol–water partition coefficient (Wildman–Crippen LogP) is 4.13. The van der Waals surface area contributed by atoms with Crippen molar-refractivity contribution in [1.82, 2.24) is 15.2 Å². The average Bonchev–Trinajstić information content (AvgIpc) is 3.38. The number of aliphatic carboxylic acids is 1. The molecule has 1 saturated heterocycles. The molecule has 0 aliphatic carbocycles. The van der Waals surface area contributed by atoms with Crippen molar-refractivity contribution in [2.75, 3.05) is 6.54 Å². The Hall–Kier alpha value is -3.69. The summed E-state index contributed by atoms with van der Waals surface area (Å²) in [6.07, 6.45) is 7.22. The number of aromatic amines is 1. The number of hydrogen-bond acceptors (Lipinski definition) is 5. The number of nitrogens with one attached hydrogen (secondary N) is 2. The number of carbonyl (C=O) groups is 3. The van der Waals surface area contributed by atoms with Crippen molar-refractivity contribution in [2.24, 2.45) is 0 Å². The predicted molar refractivity (Wildman–Crippen MR) is 142 cm³/mol. The summed E-state index contributed by atoms with van der Waals surface area (Å²) in [5, 5.41) is 13.1. The number of nitrogens with zero attached hydrogens (tertiary/aromatic N) is 1. The van der Waals surface area contributed by atoms with Crippen LogP contribution in [0.1, 0.15) is 17.5 Å². The molecule has 1 aliphatic rings. The van der Waals surface area contributed by atoms with Crippen molar-refractivity contribution in [1.29, 1.82) is 0 Å². The standard InChI is InChI=1S/C26H23N3O4S2/c30-23(28-21(25(32)33)15-18-16-27-20-11-5-4-10-19(18)20)13-14-29-24(31)22(35-26(29)34)12-6-9-17-7-2-1-3-8-17/h1-12,16,21,27H,13-15H2,(H,28,30)(H,32,33)/b9-6+,22-12+. The lowest BCUT2D eigenvalue weighted by molar-refractivity contribution is -0.141. The number of carboxylic acid groups (broad SMARTS) is 1. The Bertz CT molecular complexity index is 1330. The van der Waals surface area contributed by atoms with E-state index in [0.717, 1.165) is 22.0 Å². The Labute approximate surface area is 211 Å². The first-order chi connectivity index (χ1) is 16.9. The molecule has 1 aromatic heterocycles. The van der Waals surface area contributed by atoms with Crippen LogP contribution in [0.4, 0.5) is 0 Å². The molecular formula is C26H23N3O4S2. The Morgan fingerprint density at radius 3 is 2.66 bits per heavy atom. The molecule has 0 bridgehead atoms. The molecule has 35 heavy (non-hydrogen) atoms. The summed E-state index contributed by atoms with van der Waals surface area (Å²) in [6, 6.07) is 16.2. The van der Waals surface area contributed by atoms with Gasteiger partial charge in [0, 0.05) is 36.5 Å². The molecule has 1 unspecified atom stereocenters. The van der Waals surface area contributed by atoms with Gasteiger partial charge in [0.15, 0.2) is 0 Å². The van der Waals surface area contributed by atoms with Crippen molar-refractivity contribution < 1.29 is 19.5 Å². The van der Waals surface area contributed by atoms with Crippen LogP contribution in [-0.4, -0.2) is 49.7 Å². The van der Waals surface area contributed by atoms with Gasteiger partial charge in [-0.25, -0.2) is 4.79 Å². The van der Waals surface area contributed by atoms with Crippen LogP contribution in [0.25, 0.3) is 17.0 Å². The van der Waals surface area contributed by atoms with E-state index in [1.54, 1.807) is 18.3 Å². The van der Waals surface area contributed by atoms with Gasteiger partial charge >= 0.3 is 5.97 Å². The van der Waals surface area contributed by atoms with E-state index in [9.17, 15) is 19.5 Å². The monoisotopic (exact) mass is 505 g/mol. The number of carbonyl (C=O) groups excluding carboxylic acids is 2. The zero-order valence-corrected chi connectivity index (χ0v) is 20.3. The summed E-state index contributed by atoms with van der Waals surface area (Å²) in [5.41, 5.74) is 2.72. The molecule has 1 fully saturated rings. The van der Waals surface area contributed by atoms with Crippen molar-refractivity contribution >= 4 is 63.1 Å². The number of hydrogen-bond donors (Lipinski definition) is 3. The van der Waals surface area contributed by atoms with Crippen molar-refractivity contribution in [3.63, 3.8) is 0 Å². The third-order valence-electron chi connectivity index (χ3n) is 5.50. The summed E-state index contributed by atoms with van der Waals surface area (Å²) in [5.74, 6) is -1.85. The number of H-pyrrole nitrogens is 1. The van der Waals surface area contributed by atoms with Gasteiger partial charge in [-0.2, -0.15) is 0 Å². The van der Waals surface area contributed by atoms with Gasteiger partial charge in [-0.3, -0.25) is 14.5 Å². The quantitative estimate of drug-likeness (QED) is 0.299. The van der Waals surface area contributed by atoms with E-state index in [0.29, 0.717) is 9.23 Å². The highest BCUT2D eigenvalue weighted by Crippen LogP contribution is 2.31. The van der Waals surface area contributed by atoms with Crippen molar-refractivity contribution in [2.45, 2.75) is 18.9 Å². The van der Waals surface area contributed by atoms with E-state index < -0.39 is 17.9 Å². The summed E-state index contributed by atoms with van der Waals surface area (Å²) in [7, 11) is 0. The number of para-hydroxylation sites is 1. The Kier molecular flexibility index (Phi) is 7.79. The molecule has 4 rings (SSSR count). The lowest BCUT2D eigenvalue weighted by Gasteiger charge is -2.17. The van der Waals surface area contributed by atoms with E-state index in [2.05, 4.69) is 10.3 Å². The SMILES string of the molecule is O=C(CCN1C(=O)/C(=C\C=C\c2ccccc2)SC1=S)NC(Cc1c[nH]c2ccccc12)C(=O)O. The summed E-state index contributed by atoms with van der Waals surface area (Å²) in [4.78, 5) is 42.0. The number of thioether (sulfide) groups is 1. The molecular weight excluding hydrogens is 482 g/mol. The topological polar surface area (TPSA) is 103 Å². The summed E-state index contributed by atoms with van der Waals surface area (Å²) < 4.78 is 0.371. The number of allylic oxidation sites excluding steroid dienone is 2. The lowest BCUT2D eigenvalue weighted by atomic mass is 10.0. The molecule has 0 radical (unpaired) electrons. The Balaban J connectivity index is 1.33. The number of thiocarbonyl (C=S) groups is 1. The second-order valence-electron chi connectivity index (χ2n) is 7.90. The maximum absolute atomic E-state index is 12.7. The smallest absolute Gasteiger partial charge is 0.326 e. The molecule has 3 aromatic rings. The van der Waals surface area contributed by atoms with E-state index in [-0.39, 0.29) is 25.3 Å². The van der Waals surface area contributed by atoms with Crippen LogP contribution in [0.2, 0.25) is 0 Å². The van der Waals surface area contributed by atoms with Crippen LogP contribution in [-0.2, 0) is 20.8 Å². The molecule has 0 saturated carbocycles. The number of amides is 2. The molecule has 0 spiro atoms. The third kappa shape index (κ3) is 6.06. The Morgan fingerprint density at radius 1 is 1.14 bits per heavy atom. The molecule has 2 heterocycles. The van der Waals surface area contributed by atoms with E-state index in [4.69, 9.17) is 12.2 Å². The summed E-state index contributed by atoms with van der Waals surface area (Å²) >= 11 is 6.50. The first-order valence-corrected chi connectivity index (χ1v) is 12.2. The van der Waals surface area contributed by atoms with Gasteiger partial charge in [0.25, 0.3) is 5.91 Å². The molecule has 178 valence electrons. The lowest BCUT2D eigenvalue weighted by Crippen LogP contribution is -2.43. The Morgan fingerprint density at radius 2 is 1.89 bits per heavy atom. The minimum Gasteiger partial charge on any atom is -0.480 e. The highest BCUT2D eigenvalue weighted by molar-refractivity contribution is 8.26. The number of aromatic nitrogens is 1. The minimum absolute atomic E-state index is 0.0583. The highest BCUT2D eigenvalue weighted by atomic mass is 32.2.